The number of nitrogen functional groups attached to an aromatic ring is 1. The first-order valence-electron chi connectivity index (χ1n) is 7.41. The van der Waals surface area contributed by atoms with Crippen LogP contribution in [0.3, 0.4) is 0 Å². The molecule has 2 aromatic carbocycles. The Morgan fingerprint density at radius 3 is 2.21 bits per heavy atom. The van der Waals surface area contributed by atoms with Gasteiger partial charge in [0.15, 0.2) is 17.3 Å². The Morgan fingerprint density at radius 1 is 1.04 bits per heavy atom. The van der Waals surface area contributed by atoms with Crippen LogP contribution in [0.5, 0.6) is 17.2 Å². The minimum absolute atomic E-state index is 0.0104. The van der Waals surface area contributed by atoms with E-state index >= 15 is 0 Å². The summed E-state index contributed by atoms with van der Waals surface area (Å²) < 4.78 is 15.8. The molecule has 0 fully saturated rings. The summed E-state index contributed by atoms with van der Waals surface area (Å²) in [6, 6.07) is 11.0. The highest BCUT2D eigenvalue weighted by atomic mass is 32.2. The van der Waals surface area contributed by atoms with E-state index in [4.69, 9.17) is 19.9 Å². The lowest BCUT2D eigenvalue weighted by Crippen LogP contribution is -2.04. The largest absolute Gasteiger partial charge is 0.493 e. The molecule has 0 radical (unpaired) electrons. The number of methoxy groups -OCH3 is 3. The molecule has 0 amide bonds. The third-order valence-corrected chi connectivity index (χ3v) is 4.58. The van der Waals surface area contributed by atoms with E-state index in [2.05, 4.69) is 0 Å². The molecule has 0 spiro atoms. The predicted molar refractivity (Wildman–Crippen MR) is 96.6 cm³/mol. The van der Waals surface area contributed by atoms with Crippen LogP contribution >= 0.6 is 11.8 Å². The van der Waals surface area contributed by atoms with Gasteiger partial charge in [0.25, 0.3) is 0 Å². The Hall–Kier alpha value is -2.34. The van der Waals surface area contributed by atoms with Crippen molar-refractivity contribution in [1.82, 2.24) is 0 Å². The highest BCUT2D eigenvalue weighted by Gasteiger charge is 2.17. The average molecular weight is 347 g/mol. The monoisotopic (exact) mass is 347 g/mol. The van der Waals surface area contributed by atoms with Crippen molar-refractivity contribution >= 4 is 23.2 Å². The Bertz CT molecular complexity index is 693. The van der Waals surface area contributed by atoms with Crippen LogP contribution in [0.25, 0.3) is 0 Å². The number of carbonyl (C=O) groups is 1. The number of hydrogen-bond acceptors (Lipinski definition) is 6. The number of nitrogens with two attached hydrogens (primary N) is 1. The van der Waals surface area contributed by atoms with Crippen LogP contribution in [0.15, 0.2) is 41.3 Å². The lowest BCUT2D eigenvalue weighted by atomic mass is 10.1. The standard InChI is InChI=1S/C18H21NO4S/c1-21-15-10-12(11-16(22-2)18(15)23-3)14(20)8-9-24-17-7-5-4-6-13(17)19/h4-7,10-11H,8-9,19H2,1-3H3. The van der Waals surface area contributed by atoms with E-state index in [0.29, 0.717) is 35.0 Å². The molecular formula is C18H21NO4S. The van der Waals surface area contributed by atoms with Crippen molar-refractivity contribution in [1.29, 1.82) is 0 Å². The second-order valence-electron chi connectivity index (χ2n) is 4.97. The fraction of sp³-hybridized carbons (Fsp3) is 0.278. The third kappa shape index (κ3) is 4.14. The summed E-state index contributed by atoms with van der Waals surface area (Å²) in [5.41, 5.74) is 7.16. The Balaban J connectivity index is 2.08. The lowest BCUT2D eigenvalue weighted by Gasteiger charge is -2.13. The van der Waals surface area contributed by atoms with Gasteiger partial charge in [-0.25, -0.2) is 0 Å². The van der Waals surface area contributed by atoms with Crippen molar-refractivity contribution < 1.29 is 19.0 Å². The lowest BCUT2D eigenvalue weighted by molar-refractivity contribution is 0.0988. The Labute approximate surface area is 146 Å². The maximum absolute atomic E-state index is 12.5. The van der Waals surface area contributed by atoms with Crippen molar-refractivity contribution in [2.75, 3.05) is 32.8 Å². The van der Waals surface area contributed by atoms with Gasteiger partial charge in [0.1, 0.15) is 0 Å². The number of Topliss-reactive ketones (excluding diaryl/α,β-unsaturated/α-hetero) is 1. The number of rotatable bonds is 8. The molecule has 0 saturated carbocycles. The Morgan fingerprint density at radius 2 is 1.67 bits per heavy atom. The molecule has 24 heavy (non-hydrogen) atoms. The van der Waals surface area contributed by atoms with Crippen LogP contribution in [0, 0.1) is 0 Å². The zero-order valence-electron chi connectivity index (χ0n) is 14.0. The fourth-order valence-corrected chi connectivity index (χ4v) is 3.17. The molecule has 0 atom stereocenters. The van der Waals surface area contributed by atoms with E-state index in [1.54, 1.807) is 23.9 Å². The molecule has 0 aliphatic carbocycles. The third-order valence-electron chi connectivity index (χ3n) is 3.49. The van der Waals surface area contributed by atoms with Crippen LogP contribution < -0.4 is 19.9 Å². The number of hydrogen-bond donors (Lipinski definition) is 1. The predicted octanol–water partition coefficient (Wildman–Crippen LogP) is 3.66. The van der Waals surface area contributed by atoms with Crippen LogP contribution in [-0.4, -0.2) is 32.9 Å². The van der Waals surface area contributed by atoms with Crippen molar-refractivity contribution in [3.8, 4) is 17.2 Å². The van der Waals surface area contributed by atoms with Gasteiger partial charge in [-0.1, -0.05) is 12.1 Å². The number of thioether (sulfide) groups is 1. The van der Waals surface area contributed by atoms with Crippen molar-refractivity contribution in [3.05, 3.63) is 42.0 Å². The smallest absolute Gasteiger partial charge is 0.203 e. The number of benzene rings is 2. The molecule has 5 nitrogen and oxygen atoms in total. The normalized spacial score (nSPS) is 10.3. The van der Waals surface area contributed by atoms with E-state index in [-0.39, 0.29) is 5.78 Å². The minimum Gasteiger partial charge on any atom is -0.493 e. The molecule has 2 rings (SSSR count). The molecule has 0 saturated heterocycles. The topological polar surface area (TPSA) is 70.8 Å². The molecular weight excluding hydrogens is 326 g/mol. The first kappa shape index (κ1) is 18.0. The second-order valence-corrected chi connectivity index (χ2v) is 6.11. The molecule has 2 aromatic rings. The van der Waals surface area contributed by atoms with Crippen molar-refractivity contribution in [2.45, 2.75) is 11.3 Å². The summed E-state index contributed by atoms with van der Waals surface area (Å²) in [4.78, 5) is 13.4. The Kier molecular flexibility index (Phi) is 6.37. The highest BCUT2D eigenvalue weighted by Crippen LogP contribution is 2.38. The van der Waals surface area contributed by atoms with E-state index < -0.39 is 0 Å². The highest BCUT2D eigenvalue weighted by molar-refractivity contribution is 7.99. The number of anilines is 1. The maximum Gasteiger partial charge on any atom is 0.203 e. The van der Waals surface area contributed by atoms with Crippen LogP contribution in [-0.2, 0) is 0 Å². The van der Waals surface area contributed by atoms with Gasteiger partial charge >= 0.3 is 0 Å². The zero-order chi connectivity index (χ0) is 17.5. The maximum atomic E-state index is 12.5. The summed E-state index contributed by atoms with van der Waals surface area (Å²) in [6.45, 7) is 0. The SMILES string of the molecule is COc1cc(C(=O)CCSc2ccccc2N)cc(OC)c1OC. The van der Waals surface area contributed by atoms with E-state index in [0.717, 1.165) is 10.6 Å². The number of ketones is 1. The molecule has 0 bridgehead atoms. The van der Waals surface area contributed by atoms with E-state index in [1.807, 2.05) is 24.3 Å². The summed E-state index contributed by atoms with van der Waals surface area (Å²) in [7, 11) is 4.59. The van der Waals surface area contributed by atoms with Crippen LogP contribution in [0.1, 0.15) is 16.8 Å². The molecule has 0 aliphatic rings. The second kappa shape index (κ2) is 8.49. The van der Waals surface area contributed by atoms with Gasteiger partial charge in [0.05, 0.1) is 21.3 Å². The van der Waals surface area contributed by atoms with Crippen molar-refractivity contribution in [2.24, 2.45) is 0 Å². The molecule has 0 aliphatic heterocycles. The first-order valence-corrected chi connectivity index (χ1v) is 8.39. The molecule has 0 unspecified atom stereocenters. The number of para-hydroxylation sites is 1. The quantitative estimate of drug-likeness (QED) is 0.446. The molecule has 0 heterocycles. The van der Waals surface area contributed by atoms with Gasteiger partial charge in [-0.2, -0.15) is 0 Å². The van der Waals surface area contributed by atoms with Gasteiger partial charge in [-0.3, -0.25) is 4.79 Å². The fourth-order valence-electron chi connectivity index (χ4n) is 2.25. The molecule has 2 N–H and O–H groups in total. The summed E-state index contributed by atoms with van der Waals surface area (Å²) in [5.74, 6) is 2.07. The number of carbonyl (C=O) groups excluding carboxylic acids is 1. The average Bonchev–Trinajstić information content (AvgIpc) is 2.61. The van der Waals surface area contributed by atoms with E-state index in [9.17, 15) is 4.79 Å². The van der Waals surface area contributed by atoms with Gasteiger partial charge in [0.2, 0.25) is 5.75 Å². The van der Waals surface area contributed by atoms with Gasteiger partial charge < -0.3 is 19.9 Å². The summed E-state index contributed by atoms with van der Waals surface area (Å²) in [6.07, 6.45) is 0.387. The molecule has 6 heteroatoms. The first-order chi connectivity index (χ1) is 11.6. The summed E-state index contributed by atoms with van der Waals surface area (Å²) >= 11 is 1.56. The summed E-state index contributed by atoms with van der Waals surface area (Å²) in [5, 5.41) is 0. The minimum atomic E-state index is 0.0104. The zero-order valence-corrected chi connectivity index (χ0v) is 14.8. The van der Waals surface area contributed by atoms with Gasteiger partial charge in [-0.15, -0.1) is 11.8 Å². The van der Waals surface area contributed by atoms with Crippen molar-refractivity contribution in [3.63, 3.8) is 0 Å². The van der Waals surface area contributed by atoms with E-state index in [1.165, 1.54) is 21.3 Å². The van der Waals surface area contributed by atoms with Crippen LogP contribution in [0.2, 0.25) is 0 Å². The number of ether oxygens (including phenoxy) is 3. The molecule has 0 aromatic heterocycles. The van der Waals surface area contributed by atoms with Gasteiger partial charge in [-0.05, 0) is 24.3 Å². The van der Waals surface area contributed by atoms with Gasteiger partial charge in [0, 0.05) is 28.3 Å². The van der Waals surface area contributed by atoms with Crippen LogP contribution in [0.4, 0.5) is 5.69 Å². The molecule has 128 valence electrons.